The topological polar surface area (TPSA) is 69.6 Å². The molecule has 2 unspecified atom stereocenters. The van der Waals surface area contributed by atoms with Crippen LogP contribution in [0.3, 0.4) is 0 Å². The smallest absolute Gasteiger partial charge is 0.220 e. The summed E-state index contributed by atoms with van der Waals surface area (Å²) in [6.07, 6.45) is 65.8. The van der Waals surface area contributed by atoms with Crippen LogP contribution >= 0.6 is 0 Å². The largest absolute Gasteiger partial charge is 0.394 e. The molecule has 336 valence electrons. The van der Waals surface area contributed by atoms with E-state index >= 15 is 0 Å². The zero-order valence-electron chi connectivity index (χ0n) is 38.6. The molecule has 2 atom stereocenters. The van der Waals surface area contributed by atoms with Crippen LogP contribution in [0.15, 0.2) is 36.5 Å². The minimum absolute atomic E-state index is 0.0763. The number of hydrogen-bond donors (Lipinski definition) is 3. The number of nitrogens with one attached hydrogen (secondary N) is 1. The van der Waals surface area contributed by atoms with E-state index in [9.17, 15) is 15.0 Å². The Hall–Kier alpha value is -1.39. The van der Waals surface area contributed by atoms with E-state index in [2.05, 4.69) is 43.5 Å². The fourth-order valence-electron chi connectivity index (χ4n) is 7.90. The van der Waals surface area contributed by atoms with Gasteiger partial charge in [0.15, 0.2) is 0 Å². The highest BCUT2D eigenvalue weighted by Crippen LogP contribution is 2.16. The lowest BCUT2D eigenvalue weighted by Crippen LogP contribution is -2.45. The maximum atomic E-state index is 12.4. The maximum absolute atomic E-state index is 12.4. The molecule has 0 saturated heterocycles. The molecular formula is C53H101NO3. The van der Waals surface area contributed by atoms with Crippen LogP contribution in [0.4, 0.5) is 0 Å². The predicted molar refractivity (Wildman–Crippen MR) is 253 cm³/mol. The lowest BCUT2D eigenvalue weighted by atomic mass is 10.0. The molecule has 0 aliphatic heterocycles. The third-order valence-electron chi connectivity index (χ3n) is 11.8. The average molecular weight is 800 g/mol. The molecule has 57 heavy (non-hydrogen) atoms. The van der Waals surface area contributed by atoms with Gasteiger partial charge in [0.05, 0.1) is 18.8 Å². The zero-order valence-corrected chi connectivity index (χ0v) is 38.6. The molecule has 0 fully saturated rings. The number of carbonyl (C=O) groups is 1. The Balaban J connectivity index is 3.53. The quantitative estimate of drug-likeness (QED) is 0.0424. The minimum atomic E-state index is -0.864. The highest BCUT2D eigenvalue weighted by atomic mass is 16.3. The minimum Gasteiger partial charge on any atom is -0.394 e. The molecule has 0 aromatic carbocycles. The van der Waals surface area contributed by atoms with Crippen LogP contribution in [-0.4, -0.2) is 34.9 Å². The van der Waals surface area contributed by atoms with E-state index < -0.39 is 12.1 Å². The Morgan fingerprint density at radius 3 is 1.02 bits per heavy atom. The molecule has 0 aliphatic carbocycles. The fraction of sp³-hybridized carbons (Fsp3) is 0.868. The first-order valence-corrected chi connectivity index (χ1v) is 25.7. The van der Waals surface area contributed by atoms with Crippen LogP contribution < -0.4 is 5.32 Å². The van der Waals surface area contributed by atoms with Gasteiger partial charge in [-0.3, -0.25) is 4.79 Å². The van der Waals surface area contributed by atoms with E-state index in [1.54, 1.807) is 6.08 Å². The van der Waals surface area contributed by atoms with Gasteiger partial charge >= 0.3 is 0 Å². The number of aliphatic hydroxyl groups is 2. The number of allylic oxidation sites excluding steroid dienone is 5. The van der Waals surface area contributed by atoms with Crippen molar-refractivity contribution in [1.82, 2.24) is 5.32 Å². The Morgan fingerprint density at radius 2 is 0.684 bits per heavy atom. The average Bonchev–Trinajstić information content (AvgIpc) is 3.22. The zero-order chi connectivity index (χ0) is 41.4. The molecule has 0 aliphatic rings. The molecule has 4 nitrogen and oxygen atoms in total. The van der Waals surface area contributed by atoms with Crippen molar-refractivity contribution < 1.29 is 15.0 Å². The van der Waals surface area contributed by atoms with Crippen molar-refractivity contribution in [2.75, 3.05) is 6.61 Å². The van der Waals surface area contributed by atoms with Gasteiger partial charge in [0.2, 0.25) is 5.91 Å². The van der Waals surface area contributed by atoms with Gasteiger partial charge in [-0.1, -0.05) is 249 Å². The molecule has 0 saturated carbocycles. The van der Waals surface area contributed by atoms with Crippen molar-refractivity contribution in [2.24, 2.45) is 0 Å². The lowest BCUT2D eigenvalue weighted by Gasteiger charge is -2.19. The second-order valence-corrected chi connectivity index (χ2v) is 17.6. The van der Waals surface area contributed by atoms with Crippen molar-refractivity contribution in [3.63, 3.8) is 0 Å². The van der Waals surface area contributed by atoms with Crippen molar-refractivity contribution in [3.05, 3.63) is 36.5 Å². The number of amides is 1. The summed E-state index contributed by atoms with van der Waals surface area (Å²) in [4.78, 5) is 12.4. The van der Waals surface area contributed by atoms with Crippen LogP contribution in [-0.2, 0) is 4.79 Å². The van der Waals surface area contributed by atoms with E-state index in [-0.39, 0.29) is 12.5 Å². The van der Waals surface area contributed by atoms with E-state index in [4.69, 9.17) is 0 Å². The fourth-order valence-corrected chi connectivity index (χ4v) is 7.90. The highest BCUT2D eigenvalue weighted by molar-refractivity contribution is 5.76. The van der Waals surface area contributed by atoms with Gasteiger partial charge < -0.3 is 15.5 Å². The molecule has 4 heteroatoms. The monoisotopic (exact) mass is 800 g/mol. The van der Waals surface area contributed by atoms with Gasteiger partial charge in [-0.25, -0.2) is 0 Å². The molecular weight excluding hydrogens is 699 g/mol. The Labute approximate surface area is 357 Å². The number of rotatable bonds is 47. The van der Waals surface area contributed by atoms with Gasteiger partial charge in [0.25, 0.3) is 0 Å². The second kappa shape index (κ2) is 49.0. The summed E-state index contributed by atoms with van der Waals surface area (Å²) in [6, 6.07) is -0.641. The summed E-state index contributed by atoms with van der Waals surface area (Å²) in [5, 5.41) is 23.1. The summed E-state index contributed by atoms with van der Waals surface area (Å²) in [5.41, 5.74) is 0. The first-order chi connectivity index (χ1) is 28.2. The van der Waals surface area contributed by atoms with Gasteiger partial charge in [-0.2, -0.15) is 0 Å². The maximum Gasteiger partial charge on any atom is 0.220 e. The van der Waals surface area contributed by atoms with E-state index in [1.165, 1.54) is 225 Å². The van der Waals surface area contributed by atoms with Gasteiger partial charge in [0.1, 0.15) is 0 Å². The van der Waals surface area contributed by atoms with E-state index in [0.29, 0.717) is 6.42 Å². The number of unbranched alkanes of at least 4 members (excludes halogenated alkanes) is 36. The second-order valence-electron chi connectivity index (χ2n) is 17.6. The summed E-state index contributed by atoms with van der Waals surface area (Å²) < 4.78 is 0. The summed E-state index contributed by atoms with van der Waals surface area (Å²) in [5.74, 6) is -0.0763. The molecule has 3 N–H and O–H groups in total. The van der Waals surface area contributed by atoms with Crippen molar-refractivity contribution in [2.45, 2.75) is 289 Å². The predicted octanol–water partition coefficient (Wildman–Crippen LogP) is 16.5. The highest BCUT2D eigenvalue weighted by Gasteiger charge is 2.17. The van der Waals surface area contributed by atoms with Crippen molar-refractivity contribution >= 4 is 5.91 Å². The molecule has 0 bridgehead atoms. The van der Waals surface area contributed by atoms with Crippen LogP contribution in [0, 0.1) is 0 Å². The first-order valence-electron chi connectivity index (χ1n) is 25.7. The summed E-state index contributed by atoms with van der Waals surface area (Å²) >= 11 is 0. The van der Waals surface area contributed by atoms with E-state index in [1.807, 2.05) is 6.08 Å². The molecule has 0 rings (SSSR count). The third kappa shape index (κ3) is 45.5. The third-order valence-corrected chi connectivity index (χ3v) is 11.8. The number of carbonyl (C=O) groups excluding carboxylic acids is 1. The molecule has 0 aromatic rings. The number of aliphatic hydroxyl groups excluding tert-OH is 2. The van der Waals surface area contributed by atoms with Crippen LogP contribution in [0.5, 0.6) is 0 Å². The molecule has 0 heterocycles. The van der Waals surface area contributed by atoms with Gasteiger partial charge in [0, 0.05) is 6.42 Å². The Bertz CT molecular complexity index is 866. The number of hydrogen-bond acceptors (Lipinski definition) is 3. The van der Waals surface area contributed by atoms with E-state index in [0.717, 1.165) is 32.1 Å². The van der Waals surface area contributed by atoms with Crippen molar-refractivity contribution in [3.8, 4) is 0 Å². The molecule has 1 amide bonds. The SMILES string of the molecule is CCCCCCCC/C=C\CCCCCCCCCC(=O)NC(CO)C(O)/C=C/CC/C=C/CCCCCCCCCCCCCCCCCCCCCCCC. The first kappa shape index (κ1) is 55.6. The molecule has 0 aromatic heterocycles. The molecule has 0 spiro atoms. The lowest BCUT2D eigenvalue weighted by molar-refractivity contribution is -0.123. The Morgan fingerprint density at radius 1 is 0.404 bits per heavy atom. The Kier molecular flexibility index (Phi) is 47.8. The van der Waals surface area contributed by atoms with Gasteiger partial charge in [-0.05, 0) is 57.8 Å². The van der Waals surface area contributed by atoms with Crippen LogP contribution in [0.1, 0.15) is 277 Å². The summed E-state index contributed by atoms with van der Waals surface area (Å²) in [7, 11) is 0. The van der Waals surface area contributed by atoms with Gasteiger partial charge in [-0.15, -0.1) is 0 Å². The molecule has 0 radical (unpaired) electrons. The summed E-state index contributed by atoms with van der Waals surface area (Å²) in [6.45, 7) is 4.31. The van der Waals surface area contributed by atoms with Crippen molar-refractivity contribution in [1.29, 1.82) is 0 Å². The normalized spacial score (nSPS) is 13.1. The van der Waals surface area contributed by atoms with Crippen LogP contribution in [0.25, 0.3) is 0 Å². The standard InChI is InChI=1S/C53H101NO3/c1-3-5-7-9-11-13-15-17-19-21-22-23-24-25-26-27-28-29-30-31-33-34-36-38-40-42-44-46-48-52(56)51(50-55)54-53(57)49-47-45-43-41-39-37-35-32-20-18-16-14-12-10-8-6-4-2/h18,20,38,40,46,48,51-52,55-56H,3-17,19,21-37,39,41-45,47,49-50H2,1-2H3,(H,54,57)/b20-18-,40-38+,48-46+. The van der Waals surface area contributed by atoms with Crippen LogP contribution in [0.2, 0.25) is 0 Å².